The maximum Gasteiger partial charge on any atom is 0.339 e. The zero-order valence-electron chi connectivity index (χ0n) is 12.7. The minimum absolute atomic E-state index is 0.0252. The molecule has 26 heavy (non-hydrogen) atoms. The summed E-state index contributed by atoms with van der Waals surface area (Å²) in [5.74, 6) is -0.315. The molecule has 0 unspecified atom stereocenters. The Labute approximate surface area is 169 Å². The molecule has 10 heteroatoms. The summed E-state index contributed by atoms with van der Waals surface area (Å²) in [6.45, 7) is 0. The van der Waals surface area contributed by atoms with Gasteiger partial charge in [0.05, 0.1) is 9.93 Å². The van der Waals surface area contributed by atoms with Crippen molar-refractivity contribution in [1.29, 1.82) is 0 Å². The predicted octanol–water partition coefficient (Wildman–Crippen LogP) is 4.25. The van der Waals surface area contributed by atoms with E-state index in [2.05, 4.69) is 5.32 Å². The van der Waals surface area contributed by atoms with Crippen molar-refractivity contribution in [3.8, 4) is 5.75 Å². The molecule has 0 radical (unpaired) electrons. The van der Waals surface area contributed by atoms with Crippen LogP contribution in [0.4, 0.5) is 0 Å². The number of thiocarbonyl (C=S) groups is 1. The van der Waals surface area contributed by atoms with Crippen LogP contribution in [0.5, 0.6) is 5.75 Å². The van der Waals surface area contributed by atoms with E-state index in [1.807, 2.05) is 0 Å². The molecule has 0 atom stereocenters. The van der Waals surface area contributed by atoms with E-state index >= 15 is 0 Å². The van der Waals surface area contributed by atoms with Crippen LogP contribution >= 0.6 is 47.2 Å². The van der Waals surface area contributed by atoms with E-state index in [4.69, 9.17) is 39.6 Å². The second-order valence-corrected chi connectivity index (χ2v) is 9.14. The number of nitrogens with one attached hydrogen (secondary N) is 1. The Balaban J connectivity index is 1.84. The van der Waals surface area contributed by atoms with E-state index < -0.39 is 10.1 Å². The standard InChI is InChI=1S/C16H9Cl2NO4S3/c17-10-2-4-11(5-3-10)26(21,22)23-13-6-1-9(7-12(13)18)8-14-15(20)19-16(24)25-14/h1-8H,(H,19,20,24)/b14-8-. The Morgan fingerprint density at radius 3 is 2.38 bits per heavy atom. The summed E-state index contributed by atoms with van der Waals surface area (Å²) in [6, 6.07) is 10.1. The van der Waals surface area contributed by atoms with Crippen molar-refractivity contribution >= 4 is 73.6 Å². The van der Waals surface area contributed by atoms with Gasteiger partial charge in [-0.05, 0) is 48.0 Å². The normalized spacial score (nSPS) is 16.0. The highest BCUT2D eigenvalue weighted by Gasteiger charge is 2.22. The molecule has 2 aromatic rings. The van der Waals surface area contributed by atoms with E-state index in [0.717, 1.165) is 11.8 Å². The topological polar surface area (TPSA) is 72.5 Å². The highest BCUT2D eigenvalue weighted by atomic mass is 35.5. The largest absolute Gasteiger partial charge is 0.377 e. The number of halogens is 2. The Morgan fingerprint density at radius 2 is 1.81 bits per heavy atom. The van der Waals surface area contributed by atoms with Crippen LogP contribution in [0, 0.1) is 0 Å². The van der Waals surface area contributed by atoms with Gasteiger partial charge in [0.15, 0.2) is 5.75 Å². The molecule has 134 valence electrons. The molecule has 2 aromatic carbocycles. The van der Waals surface area contributed by atoms with Crippen molar-refractivity contribution in [1.82, 2.24) is 5.32 Å². The average Bonchev–Trinajstić information content (AvgIpc) is 2.88. The van der Waals surface area contributed by atoms with E-state index in [1.54, 1.807) is 12.1 Å². The van der Waals surface area contributed by atoms with Gasteiger partial charge in [0.2, 0.25) is 0 Å². The minimum atomic E-state index is -4.05. The predicted molar refractivity (Wildman–Crippen MR) is 107 cm³/mol. The summed E-state index contributed by atoms with van der Waals surface area (Å²) >= 11 is 17.9. The SMILES string of the molecule is O=C1NC(=S)S/C1=C\c1ccc(OS(=O)(=O)c2ccc(Cl)cc2)c(Cl)c1. The first kappa shape index (κ1) is 19.2. The molecule has 1 aliphatic rings. The summed E-state index contributed by atoms with van der Waals surface area (Å²) in [5.41, 5.74) is 0.605. The van der Waals surface area contributed by atoms with E-state index in [1.165, 1.54) is 36.4 Å². The summed E-state index contributed by atoms with van der Waals surface area (Å²) in [4.78, 5) is 12.1. The Kier molecular flexibility index (Phi) is 5.59. The first-order valence-electron chi connectivity index (χ1n) is 6.99. The van der Waals surface area contributed by atoms with Crippen LogP contribution < -0.4 is 9.50 Å². The van der Waals surface area contributed by atoms with Crippen LogP contribution in [-0.2, 0) is 14.9 Å². The summed E-state index contributed by atoms with van der Waals surface area (Å²) in [6.07, 6.45) is 1.60. The Morgan fingerprint density at radius 1 is 1.12 bits per heavy atom. The quantitative estimate of drug-likeness (QED) is 0.430. The number of carbonyl (C=O) groups is 1. The summed E-state index contributed by atoms with van der Waals surface area (Å²) in [5, 5.41) is 3.00. The van der Waals surface area contributed by atoms with Crippen LogP contribution in [0.1, 0.15) is 5.56 Å². The molecule has 1 N–H and O–H groups in total. The lowest BCUT2D eigenvalue weighted by Crippen LogP contribution is -2.17. The molecule has 1 aliphatic heterocycles. The van der Waals surface area contributed by atoms with Gasteiger partial charge in [0.1, 0.15) is 9.22 Å². The maximum atomic E-state index is 12.3. The van der Waals surface area contributed by atoms with Crippen molar-refractivity contribution in [3.63, 3.8) is 0 Å². The number of benzene rings is 2. The molecule has 5 nitrogen and oxygen atoms in total. The van der Waals surface area contributed by atoms with Gasteiger partial charge in [0, 0.05) is 5.02 Å². The highest BCUT2D eigenvalue weighted by molar-refractivity contribution is 8.26. The maximum absolute atomic E-state index is 12.3. The number of thioether (sulfide) groups is 1. The van der Waals surface area contributed by atoms with Crippen molar-refractivity contribution < 1.29 is 17.4 Å². The summed E-state index contributed by atoms with van der Waals surface area (Å²) in [7, 11) is -4.05. The first-order valence-corrected chi connectivity index (χ1v) is 10.4. The summed E-state index contributed by atoms with van der Waals surface area (Å²) < 4.78 is 30.1. The Bertz CT molecular complexity index is 1030. The fraction of sp³-hybridized carbons (Fsp3) is 0. The molecule has 0 aliphatic carbocycles. The van der Waals surface area contributed by atoms with E-state index in [0.29, 0.717) is 19.8 Å². The number of carbonyl (C=O) groups excluding carboxylic acids is 1. The van der Waals surface area contributed by atoms with Crippen molar-refractivity contribution in [3.05, 3.63) is 63.0 Å². The number of rotatable bonds is 4. The molecule has 0 saturated carbocycles. The molecule has 1 fully saturated rings. The van der Waals surface area contributed by atoms with Crippen molar-refractivity contribution in [2.75, 3.05) is 0 Å². The van der Waals surface area contributed by atoms with Crippen LogP contribution in [-0.4, -0.2) is 18.6 Å². The van der Waals surface area contributed by atoms with E-state index in [9.17, 15) is 13.2 Å². The monoisotopic (exact) mass is 445 g/mol. The van der Waals surface area contributed by atoms with Crippen LogP contribution in [0.2, 0.25) is 10.0 Å². The van der Waals surface area contributed by atoms with Gasteiger partial charge in [-0.1, -0.05) is 53.2 Å². The first-order chi connectivity index (χ1) is 12.2. The highest BCUT2D eigenvalue weighted by Crippen LogP contribution is 2.31. The van der Waals surface area contributed by atoms with Crippen molar-refractivity contribution in [2.45, 2.75) is 4.90 Å². The zero-order chi connectivity index (χ0) is 18.9. The Hall–Kier alpha value is -1.58. The van der Waals surface area contributed by atoms with Gasteiger partial charge < -0.3 is 9.50 Å². The lowest BCUT2D eigenvalue weighted by atomic mass is 10.2. The number of hydrogen-bond donors (Lipinski definition) is 1. The average molecular weight is 446 g/mol. The molecule has 1 heterocycles. The number of amides is 1. The molecule has 0 aromatic heterocycles. The van der Waals surface area contributed by atoms with Gasteiger partial charge in [-0.2, -0.15) is 8.42 Å². The van der Waals surface area contributed by atoms with Gasteiger partial charge in [-0.15, -0.1) is 0 Å². The third kappa shape index (κ3) is 4.39. The lowest BCUT2D eigenvalue weighted by Gasteiger charge is -2.09. The zero-order valence-corrected chi connectivity index (χ0v) is 16.7. The smallest absolute Gasteiger partial charge is 0.339 e. The second kappa shape index (κ2) is 7.58. The van der Waals surface area contributed by atoms with Gasteiger partial charge in [-0.3, -0.25) is 4.79 Å². The fourth-order valence-corrected chi connectivity index (χ4v) is 4.41. The minimum Gasteiger partial charge on any atom is -0.377 e. The van der Waals surface area contributed by atoms with Gasteiger partial charge >= 0.3 is 10.1 Å². The molecule has 3 rings (SSSR count). The molecular formula is C16H9Cl2NO4S3. The third-order valence-electron chi connectivity index (χ3n) is 3.20. The molecule has 0 spiro atoms. The van der Waals surface area contributed by atoms with Crippen LogP contribution in [0.3, 0.4) is 0 Å². The van der Waals surface area contributed by atoms with Gasteiger partial charge in [0.25, 0.3) is 5.91 Å². The van der Waals surface area contributed by atoms with Crippen LogP contribution in [0.15, 0.2) is 52.3 Å². The molecule has 1 saturated heterocycles. The van der Waals surface area contributed by atoms with E-state index in [-0.39, 0.29) is 21.6 Å². The third-order valence-corrected chi connectivity index (χ3v) is 6.16. The fourth-order valence-electron chi connectivity index (χ4n) is 2.01. The van der Waals surface area contributed by atoms with Crippen LogP contribution in [0.25, 0.3) is 6.08 Å². The van der Waals surface area contributed by atoms with Gasteiger partial charge in [-0.25, -0.2) is 0 Å². The lowest BCUT2D eigenvalue weighted by molar-refractivity contribution is -0.115. The van der Waals surface area contributed by atoms with Crippen molar-refractivity contribution in [2.24, 2.45) is 0 Å². The second-order valence-electron chi connectivity index (χ2n) is 5.03. The number of hydrogen-bond acceptors (Lipinski definition) is 6. The molecular weight excluding hydrogens is 437 g/mol. The molecule has 0 bridgehead atoms. The molecule has 1 amide bonds.